The quantitative estimate of drug-likeness (QED) is 0.621. The van der Waals surface area contributed by atoms with Gasteiger partial charge in [-0.05, 0) is 48.2 Å². The van der Waals surface area contributed by atoms with Crippen LogP contribution in [0.25, 0.3) is 0 Å². The second-order valence-corrected chi connectivity index (χ2v) is 6.24. The fourth-order valence-electron chi connectivity index (χ4n) is 2.99. The van der Waals surface area contributed by atoms with Gasteiger partial charge in [-0.25, -0.2) is 4.79 Å². The van der Waals surface area contributed by atoms with E-state index in [1.807, 2.05) is 48.5 Å². The third kappa shape index (κ3) is 4.09. The van der Waals surface area contributed by atoms with Crippen LogP contribution in [0.5, 0.6) is 0 Å². The van der Waals surface area contributed by atoms with E-state index in [0.717, 1.165) is 11.1 Å². The minimum atomic E-state index is -0.224. The lowest BCUT2D eigenvalue weighted by atomic mass is 10.1. The molecule has 0 atom stereocenters. The molecule has 4 N–H and O–H groups in total. The Bertz CT molecular complexity index is 790. The van der Waals surface area contributed by atoms with E-state index in [9.17, 15) is 9.59 Å². The molecule has 1 aliphatic heterocycles. The Morgan fingerprint density at radius 2 is 1.40 bits per heavy atom. The first kappa shape index (κ1) is 16.8. The van der Waals surface area contributed by atoms with Gasteiger partial charge in [-0.15, -0.1) is 0 Å². The van der Waals surface area contributed by atoms with E-state index in [2.05, 4.69) is 0 Å². The lowest BCUT2D eigenvalue weighted by molar-refractivity contribution is -0.125. The highest BCUT2D eigenvalue weighted by molar-refractivity contribution is 6.02. The molecule has 1 heterocycles. The van der Waals surface area contributed by atoms with Crippen molar-refractivity contribution >= 4 is 23.3 Å². The lowest BCUT2D eigenvalue weighted by Gasteiger charge is -2.17. The van der Waals surface area contributed by atoms with E-state index in [1.165, 1.54) is 4.90 Å². The lowest BCUT2D eigenvalue weighted by Crippen LogP contribution is -2.35. The van der Waals surface area contributed by atoms with Crippen LogP contribution in [0.1, 0.15) is 11.1 Å². The number of imide groups is 1. The number of amides is 3. The maximum absolute atomic E-state index is 12.5. The fourth-order valence-corrected chi connectivity index (χ4v) is 2.99. The van der Waals surface area contributed by atoms with Gasteiger partial charge in [-0.1, -0.05) is 24.3 Å². The fraction of sp³-hybridized carbons (Fsp3) is 0.263. The summed E-state index contributed by atoms with van der Waals surface area (Å²) in [7, 11) is 0. The number of carbonyl (C=O) groups excluding carboxylic acids is 2. The largest absolute Gasteiger partial charge is 0.399 e. The monoisotopic (exact) mass is 338 g/mol. The molecule has 1 saturated heterocycles. The molecule has 1 aliphatic rings. The van der Waals surface area contributed by atoms with Gasteiger partial charge in [0.25, 0.3) is 0 Å². The molecule has 0 unspecified atom stereocenters. The average molecular weight is 338 g/mol. The van der Waals surface area contributed by atoms with E-state index >= 15 is 0 Å². The smallest absolute Gasteiger partial charge is 0.327 e. The number of urea groups is 1. The van der Waals surface area contributed by atoms with E-state index in [4.69, 9.17) is 11.5 Å². The zero-order chi connectivity index (χ0) is 17.8. The molecule has 3 amide bonds. The Kier molecular flexibility index (Phi) is 4.88. The summed E-state index contributed by atoms with van der Waals surface area (Å²) in [5, 5.41) is 0. The SMILES string of the molecule is Nc1cccc(CCN2CC(=O)N(CCc3cccc(N)c3)C2=O)c1. The minimum Gasteiger partial charge on any atom is -0.399 e. The average Bonchev–Trinajstić information content (AvgIpc) is 2.85. The van der Waals surface area contributed by atoms with Crippen LogP contribution in [0.15, 0.2) is 48.5 Å². The van der Waals surface area contributed by atoms with Crippen molar-refractivity contribution < 1.29 is 9.59 Å². The maximum Gasteiger partial charge on any atom is 0.327 e. The zero-order valence-corrected chi connectivity index (χ0v) is 14.0. The molecule has 2 aromatic rings. The number of carbonyl (C=O) groups is 2. The Hall–Kier alpha value is -3.02. The van der Waals surface area contributed by atoms with Crippen LogP contribution >= 0.6 is 0 Å². The van der Waals surface area contributed by atoms with Gasteiger partial charge in [-0.2, -0.15) is 0 Å². The van der Waals surface area contributed by atoms with Gasteiger partial charge >= 0.3 is 6.03 Å². The Labute approximate surface area is 147 Å². The van der Waals surface area contributed by atoms with Gasteiger partial charge in [0.2, 0.25) is 5.91 Å². The molecule has 0 aliphatic carbocycles. The predicted molar refractivity (Wildman–Crippen MR) is 97.8 cm³/mol. The van der Waals surface area contributed by atoms with Crippen molar-refractivity contribution in [3.63, 3.8) is 0 Å². The van der Waals surface area contributed by atoms with Gasteiger partial charge < -0.3 is 16.4 Å². The Balaban J connectivity index is 1.56. The summed E-state index contributed by atoms with van der Waals surface area (Å²) in [6.07, 6.45) is 1.28. The van der Waals surface area contributed by atoms with Crippen LogP contribution in [0.2, 0.25) is 0 Å². The van der Waals surface area contributed by atoms with Crippen molar-refractivity contribution in [3.8, 4) is 0 Å². The first-order valence-corrected chi connectivity index (χ1v) is 8.31. The number of hydrogen-bond donors (Lipinski definition) is 2. The number of benzene rings is 2. The van der Waals surface area contributed by atoms with Crippen LogP contribution in [-0.4, -0.2) is 41.4 Å². The first-order chi connectivity index (χ1) is 12.0. The number of rotatable bonds is 6. The molecule has 0 saturated carbocycles. The maximum atomic E-state index is 12.5. The first-order valence-electron chi connectivity index (χ1n) is 8.31. The summed E-state index contributed by atoms with van der Waals surface area (Å²) < 4.78 is 0. The third-order valence-electron chi connectivity index (χ3n) is 4.33. The molecule has 130 valence electrons. The van der Waals surface area contributed by atoms with E-state index < -0.39 is 0 Å². The molecule has 0 aromatic heterocycles. The molecular weight excluding hydrogens is 316 g/mol. The van der Waals surface area contributed by atoms with Crippen molar-refractivity contribution in [1.29, 1.82) is 0 Å². The molecule has 3 rings (SSSR count). The van der Waals surface area contributed by atoms with E-state index in [1.54, 1.807) is 4.90 Å². The molecule has 6 heteroatoms. The highest BCUT2D eigenvalue weighted by atomic mass is 16.2. The normalized spacial score (nSPS) is 14.4. The van der Waals surface area contributed by atoms with Gasteiger partial charge in [0.05, 0.1) is 0 Å². The Morgan fingerprint density at radius 3 is 1.96 bits per heavy atom. The highest BCUT2D eigenvalue weighted by Gasteiger charge is 2.35. The van der Waals surface area contributed by atoms with Crippen LogP contribution in [0.4, 0.5) is 16.2 Å². The molecule has 1 fully saturated rings. The van der Waals surface area contributed by atoms with Gasteiger partial charge in [0.1, 0.15) is 6.54 Å². The van der Waals surface area contributed by atoms with Crippen molar-refractivity contribution in [3.05, 3.63) is 59.7 Å². The van der Waals surface area contributed by atoms with Crippen molar-refractivity contribution in [2.45, 2.75) is 12.8 Å². The van der Waals surface area contributed by atoms with E-state index in [0.29, 0.717) is 37.3 Å². The van der Waals surface area contributed by atoms with Crippen molar-refractivity contribution in [2.75, 3.05) is 31.1 Å². The summed E-state index contributed by atoms with van der Waals surface area (Å²) >= 11 is 0. The third-order valence-corrected chi connectivity index (χ3v) is 4.33. The molecule has 25 heavy (non-hydrogen) atoms. The number of nitrogen functional groups attached to an aromatic ring is 2. The van der Waals surface area contributed by atoms with Crippen LogP contribution in [0, 0.1) is 0 Å². The number of anilines is 2. The zero-order valence-electron chi connectivity index (χ0n) is 14.0. The summed E-state index contributed by atoms with van der Waals surface area (Å²) in [5.41, 5.74) is 15.0. The molecule has 0 spiro atoms. The number of nitrogens with two attached hydrogens (primary N) is 2. The highest BCUT2D eigenvalue weighted by Crippen LogP contribution is 2.15. The van der Waals surface area contributed by atoms with E-state index in [-0.39, 0.29) is 18.5 Å². The van der Waals surface area contributed by atoms with Gasteiger partial charge in [-0.3, -0.25) is 9.69 Å². The number of hydrogen-bond acceptors (Lipinski definition) is 4. The van der Waals surface area contributed by atoms with Crippen LogP contribution in [-0.2, 0) is 17.6 Å². The van der Waals surface area contributed by atoms with Crippen LogP contribution < -0.4 is 11.5 Å². The molecular formula is C19H22N4O2. The second-order valence-electron chi connectivity index (χ2n) is 6.24. The van der Waals surface area contributed by atoms with Gasteiger partial charge in [0, 0.05) is 24.5 Å². The number of nitrogens with zero attached hydrogens (tertiary/aromatic N) is 2. The topological polar surface area (TPSA) is 92.7 Å². The minimum absolute atomic E-state index is 0.137. The molecule has 0 bridgehead atoms. The summed E-state index contributed by atoms with van der Waals surface area (Å²) in [5.74, 6) is -0.151. The molecule has 6 nitrogen and oxygen atoms in total. The summed E-state index contributed by atoms with van der Waals surface area (Å²) in [6.45, 7) is 1.01. The van der Waals surface area contributed by atoms with Gasteiger partial charge in [0.15, 0.2) is 0 Å². The molecule has 2 aromatic carbocycles. The van der Waals surface area contributed by atoms with Crippen molar-refractivity contribution in [2.24, 2.45) is 0 Å². The Morgan fingerprint density at radius 1 is 0.840 bits per heavy atom. The standard InChI is InChI=1S/C19H22N4O2/c20-16-5-1-3-14(11-16)7-9-22-13-18(24)23(19(22)25)10-8-15-4-2-6-17(21)12-15/h1-6,11-12H,7-10,13,20-21H2. The predicted octanol–water partition coefficient (Wildman–Crippen LogP) is 1.90. The summed E-state index contributed by atoms with van der Waals surface area (Å²) in [4.78, 5) is 27.6. The molecule has 0 radical (unpaired) electrons. The summed E-state index contributed by atoms with van der Waals surface area (Å²) in [6, 6.07) is 14.8. The van der Waals surface area contributed by atoms with Crippen molar-refractivity contribution in [1.82, 2.24) is 9.80 Å². The second kappa shape index (κ2) is 7.25. The van der Waals surface area contributed by atoms with Crippen LogP contribution in [0.3, 0.4) is 0 Å².